The van der Waals surface area contributed by atoms with E-state index in [1.807, 2.05) is 0 Å². The van der Waals surface area contributed by atoms with Gasteiger partial charge in [-0.25, -0.2) is 4.89 Å². The van der Waals surface area contributed by atoms with Crippen molar-refractivity contribution in [1.82, 2.24) is 9.97 Å². The van der Waals surface area contributed by atoms with E-state index in [-0.39, 0.29) is 24.1 Å². The Hall–Kier alpha value is -0.945. The molecule has 3 aliphatic heterocycles. The Morgan fingerprint density at radius 1 is 1.54 bits per heavy atom. The molecule has 2 saturated heterocycles. The summed E-state index contributed by atoms with van der Waals surface area (Å²) in [6.45, 7) is -0.0228. The van der Waals surface area contributed by atoms with E-state index in [9.17, 15) is 14.8 Å². The molecule has 0 aromatic carbocycles. The van der Waals surface area contributed by atoms with E-state index in [0.717, 1.165) is 0 Å². The van der Waals surface area contributed by atoms with E-state index in [0.29, 0.717) is 0 Å². The van der Waals surface area contributed by atoms with Gasteiger partial charge in [-0.2, -0.15) is 14.0 Å². The molecular weight excluding hydrogens is 408 g/mol. The molecule has 0 saturated carbocycles. The van der Waals surface area contributed by atoms with Crippen LogP contribution in [0.4, 0.5) is 17.5 Å². The fraction of sp³-hybridized carbons (Fsp3) is 0.600. The molecule has 6 atom stereocenters. The summed E-state index contributed by atoms with van der Waals surface area (Å²) in [5, 5.41) is 12.9. The summed E-state index contributed by atoms with van der Waals surface area (Å²) in [6, 6.07) is 0. The molecule has 3 aliphatic rings. The minimum Gasteiger partial charge on any atom is -0.385 e. The zero-order chi connectivity index (χ0) is 17.2. The van der Waals surface area contributed by atoms with E-state index in [1.54, 1.807) is 0 Å². The first-order valence-corrected chi connectivity index (χ1v) is 9.48. The highest BCUT2D eigenvalue weighted by atomic mass is 79.9. The highest BCUT2D eigenvalue weighted by molar-refractivity contribution is 9.09. The number of hydrogen-bond acceptors (Lipinski definition) is 10. The lowest BCUT2D eigenvalue weighted by atomic mass is 10.1. The van der Waals surface area contributed by atoms with Gasteiger partial charge in [-0.3, -0.25) is 14.7 Å². The lowest BCUT2D eigenvalue weighted by Gasteiger charge is -2.30. The van der Waals surface area contributed by atoms with Crippen LogP contribution < -0.4 is 21.5 Å². The maximum Gasteiger partial charge on any atom is 0.488 e. The highest BCUT2D eigenvalue weighted by Gasteiger charge is 2.59. The Morgan fingerprint density at radius 3 is 3.04 bits per heavy atom. The van der Waals surface area contributed by atoms with Crippen LogP contribution in [-0.2, 0) is 13.8 Å². The van der Waals surface area contributed by atoms with E-state index >= 15 is 0 Å². The number of ether oxygens (including phenoxy) is 1. The monoisotopic (exact) mass is 420 g/mol. The molecule has 14 heteroatoms. The van der Waals surface area contributed by atoms with Crippen molar-refractivity contribution in [3.05, 3.63) is 10.4 Å². The van der Waals surface area contributed by atoms with Crippen LogP contribution in [0.1, 0.15) is 0 Å². The quantitative estimate of drug-likeness (QED) is 0.158. The van der Waals surface area contributed by atoms with Crippen LogP contribution in [0.5, 0.6) is 0 Å². The van der Waals surface area contributed by atoms with Crippen molar-refractivity contribution in [2.45, 2.75) is 29.6 Å². The van der Waals surface area contributed by atoms with E-state index < -0.39 is 43.0 Å². The lowest BCUT2D eigenvalue weighted by Crippen LogP contribution is -2.48. The number of nitrogens with two attached hydrogens (primary N) is 1. The second-order valence-corrected chi connectivity index (χ2v) is 7.99. The third-order valence-corrected chi connectivity index (χ3v) is 5.69. The SMILES string of the molecule is [B][P+]1(O)OCC2OC(N3c4nc(N)[nH]c(=O)c4NC3Br)C(O)[C@@H]2O1. The van der Waals surface area contributed by atoms with Crippen LogP contribution in [0.15, 0.2) is 4.79 Å². The number of rotatable bonds is 1. The first-order chi connectivity index (χ1) is 11.3. The molecule has 0 aliphatic carbocycles. The van der Waals surface area contributed by atoms with Crippen LogP contribution >= 0.6 is 23.8 Å². The Kier molecular flexibility index (Phi) is 3.81. The summed E-state index contributed by atoms with van der Waals surface area (Å²) in [4.78, 5) is 29.7. The average molecular weight is 421 g/mol. The lowest BCUT2D eigenvalue weighted by molar-refractivity contribution is -0.0442. The van der Waals surface area contributed by atoms with Gasteiger partial charge in [0.05, 0.1) is 0 Å². The van der Waals surface area contributed by atoms with E-state index in [2.05, 4.69) is 31.2 Å². The van der Waals surface area contributed by atoms with Gasteiger partial charge in [0.1, 0.15) is 24.5 Å². The highest BCUT2D eigenvalue weighted by Crippen LogP contribution is 2.58. The molecule has 4 heterocycles. The van der Waals surface area contributed by atoms with Crippen LogP contribution in [-0.4, -0.2) is 63.8 Å². The molecule has 11 nitrogen and oxygen atoms in total. The number of aromatic amines is 1. The number of nitrogens with zero attached hydrogens (tertiary/aromatic N) is 2. The zero-order valence-corrected chi connectivity index (χ0v) is 14.5. The number of aromatic nitrogens is 2. The van der Waals surface area contributed by atoms with Gasteiger partial charge in [0.25, 0.3) is 5.56 Å². The number of nitrogen functional groups attached to an aromatic ring is 1. The smallest absolute Gasteiger partial charge is 0.385 e. The average Bonchev–Trinajstić information content (AvgIpc) is 2.96. The van der Waals surface area contributed by atoms with Crippen LogP contribution in [0.2, 0.25) is 0 Å². The molecule has 2 radical (unpaired) electrons. The number of aliphatic hydroxyl groups is 1. The summed E-state index contributed by atoms with van der Waals surface area (Å²) < 4.78 is 16.0. The van der Waals surface area contributed by atoms with Crippen molar-refractivity contribution >= 4 is 48.8 Å². The van der Waals surface area contributed by atoms with Gasteiger partial charge in [-0.1, -0.05) is 0 Å². The normalized spacial score (nSPS) is 41.0. The summed E-state index contributed by atoms with van der Waals surface area (Å²) in [5.74, 6) is 0.151. The summed E-state index contributed by atoms with van der Waals surface area (Å²) in [7, 11) is 2.01. The minimum absolute atomic E-state index is 0.0228. The Bertz CT molecular complexity index is 738. The summed E-state index contributed by atoms with van der Waals surface area (Å²) >= 11 is 3.35. The van der Waals surface area contributed by atoms with E-state index in [1.165, 1.54) is 4.90 Å². The Labute approximate surface area is 145 Å². The van der Waals surface area contributed by atoms with Crippen molar-refractivity contribution in [2.24, 2.45) is 0 Å². The van der Waals surface area contributed by atoms with Crippen molar-refractivity contribution in [2.75, 3.05) is 22.6 Å². The van der Waals surface area contributed by atoms with Crippen molar-refractivity contribution < 1.29 is 23.8 Å². The first kappa shape index (κ1) is 16.5. The van der Waals surface area contributed by atoms with Crippen LogP contribution in [0, 0.1) is 0 Å². The standard InChI is InChI=1S/C10H13BBrN5O6P/c11-24(20)21-1-2-5(23-24)4(18)8(22-2)17-6-3(14-9(17)12)7(19)16-10(13)15-6/h2,4-5,8-9,14,18,20H,1H2,(H3,13,15,16,19)/q+1/t2?,4?,5-,8?,9?,24?/m1/s1. The second kappa shape index (κ2) is 5.53. The molecule has 1 aromatic rings. The number of alkyl halides is 1. The first-order valence-electron chi connectivity index (χ1n) is 6.92. The minimum atomic E-state index is -3.48. The Morgan fingerprint density at radius 2 is 2.29 bits per heavy atom. The molecule has 1 aromatic heterocycles. The van der Waals surface area contributed by atoms with Crippen LogP contribution in [0.25, 0.3) is 0 Å². The second-order valence-electron chi connectivity index (χ2n) is 5.52. The number of H-pyrrole nitrogens is 1. The van der Waals surface area contributed by atoms with Gasteiger partial charge in [-0.15, -0.1) is 0 Å². The van der Waals surface area contributed by atoms with Crippen LogP contribution in [0.3, 0.4) is 0 Å². The molecular formula is C10H13BBrN5O6P+. The maximum atomic E-state index is 12.0. The van der Waals surface area contributed by atoms with Crippen molar-refractivity contribution in [1.29, 1.82) is 0 Å². The van der Waals surface area contributed by atoms with Gasteiger partial charge in [0, 0.05) is 0 Å². The molecule has 0 spiro atoms. The van der Waals surface area contributed by atoms with Gasteiger partial charge in [0.2, 0.25) is 5.95 Å². The number of hydrogen-bond donors (Lipinski definition) is 5. The molecule has 5 unspecified atom stereocenters. The number of aliphatic hydroxyl groups excluding tert-OH is 1. The number of anilines is 3. The fourth-order valence-corrected chi connectivity index (χ4v) is 4.63. The molecule has 6 N–H and O–H groups in total. The van der Waals surface area contributed by atoms with Gasteiger partial charge in [0.15, 0.2) is 23.2 Å². The number of fused-ring (bicyclic) bond motifs is 2. The topological polar surface area (TPSA) is 155 Å². The maximum absolute atomic E-state index is 12.0. The number of halogens is 1. The summed E-state index contributed by atoms with van der Waals surface area (Å²) in [5.41, 5.74) is 5.34. The third kappa shape index (κ3) is 2.51. The zero-order valence-electron chi connectivity index (χ0n) is 12.0. The number of nitrogens with one attached hydrogen (secondary N) is 2. The predicted molar refractivity (Wildman–Crippen MR) is 88.5 cm³/mol. The van der Waals surface area contributed by atoms with Crippen molar-refractivity contribution in [3.8, 4) is 0 Å². The largest absolute Gasteiger partial charge is 0.488 e. The molecule has 0 amide bonds. The van der Waals surface area contributed by atoms with Crippen molar-refractivity contribution in [3.63, 3.8) is 0 Å². The molecule has 4 rings (SSSR count). The predicted octanol–water partition coefficient (Wildman–Crippen LogP) is -1.40. The Balaban J connectivity index is 1.67. The third-order valence-electron chi connectivity index (χ3n) is 3.95. The summed E-state index contributed by atoms with van der Waals surface area (Å²) in [6.07, 6.45) is -3.58. The molecule has 128 valence electrons. The van der Waals surface area contributed by atoms with E-state index in [4.69, 9.17) is 27.1 Å². The molecule has 24 heavy (non-hydrogen) atoms. The van der Waals surface area contributed by atoms with Gasteiger partial charge in [-0.05, 0) is 15.9 Å². The molecule has 0 bridgehead atoms. The molecule has 2 fully saturated rings. The van der Waals surface area contributed by atoms with Gasteiger partial charge < -0.3 is 20.9 Å². The van der Waals surface area contributed by atoms with Gasteiger partial charge >= 0.3 is 15.4 Å². The fourth-order valence-electron chi connectivity index (χ4n) is 2.94.